The minimum Gasteiger partial charge on any atom is -0.457 e. The third-order valence-electron chi connectivity index (χ3n) is 4.13. The summed E-state index contributed by atoms with van der Waals surface area (Å²) in [5, 5.41) is 0. The number of rotatable bonds is 3. The highest BCUT2D eigenvalue weighted by Gasteiger charge is 2.45. The molecular formula is C16H20O4. The van der Waals surface area contributed by atoms with Crippen LogP contribution in [0.25, 0.3) is 0 Å². The second-order valence-electron chi connectivity index (χ2n) is 5.48. The van der Waals surface area contributed by atoms with Gasteiger partial charge in [-0.1, -0.05) is 30.3 Å². The minimum atomic E-state index is -0.251. The van der Waals surface area contributed by atoms with E-state index in [0.717, 1.165) is 25.0 Å². The van der Waals surface area contributed by atoms with Crippen molar-refractivity contribution in [1.29, 1.82) is 0 Å². The van der Waals surface area contributed by atoms with Crippen molar-refractivity contribution in [3.05, 3.63) is 35.9 Å². The molecule has 3 rings (SSSR count). The third kappa shape index (κ3) is 2.72. The number of esters is 1. The first-order chi connectivity index (χ1) is 9.75. The van der Waals surface area contributed by atoms with Gasteiger partial charge in [0.15, 0.2) is 6.29 Å². The standard InChI is InChI=1S/C16H20O4/c1-11(17)20-15(12-6-3-2-4-7-12)14-10-19-16-13(14)8-5-9-18-16/h2-4,6-7,13-16H,5,8-10H2,1H3/t13-,14+,15-,16+/m0/s1. The van der Waals surface area contributed by atoms with Gasteiger partial charge in [0.05, 0.1) is 6.61 Å². The molecule has 1 aromatic rings. The lowest BCUT2D eigenvalue weighted by atomic mass is 9.82. The summed E-state index contributed by atoms with van der Waals surface area (Å²) in [5.41, 5.74) is 1.03. The topological polar surface area (TPSA) is 44.8 Å². The van der Waals surface area contributed by atoms with E-state index in [-0.39, 0.29) is 24.3 Å². The van der Waals surface area contributed by atoms with Gasteiger partial charge in [-0.05, 0) is 18.4 Å². The Morgan fingerprint density at radius 2 is 2.10 bits per heavy atom. The maximum atomic E-state index is 11.4. The summed E-state index contributed by atoms with van der Waals surface area (Å²) in [6.45, 7) is 2.81. The average Bonchev–Trinajstić information content (AvgIpc) is 2.89. The molecule has 0 bridgehead atoms. The molecule has 0 unspecified atom stereocenters. The van der Waals surface area contributed by atoms with Crippen molar-refractivity contribution >= 4 is 5.97 Å². The van der Waals surface area contributed by atoms with Gasteiger partial charge in [0.25, 0.3) is 0 Å². The Labute approximate surface area is 119 Å². The van der Waals surface area contributed by atoms with Crippen molar-refractivity contribution in [2.75, 3.05) is 13.2 Å². The fraction of sp³-hybridized carbons (Fsp3) is 0.562. The average molecular weight is 276 g/mol. The van der Waals surface area contributed by atoms with E-state index in [1.54, 1.807) is 0 Å². The molecule has 0 saturated carbocycles. The molecule has 2 aliphatic rings. The maximum absolute atomic E-state index is 11.4. The lowest BCUT2D eigenvalue weighted by Crippen LogP contribution is -2.32. The van der Waals surface area contributed by atoms with Crippen molar-refractivity contribution < 1.29 is 19.0 Å². The van der Waals surface area contributed by atoms with Gasteiger partial charge in [-0.3, -0.25) is 4.79 Å². The summed E-state index contributed by atoms with van der Waals surface area (Å²) in [4.78, 5) is 11.4. The molecule has 2 saturated heterocycles. The van der Waals surface area contributed by atoms with Crippen LogP contribution in [-0.4, -0.2) is 25.5 Å². The Kier molecular flexibility index (Phi) is 4.03. The van der Waals surface area contributed by atoms with E-state index in [2.05, 4.69) is 0 Å². The van der Waals surface area contributed by atoms with E-state index >= 15 is 0 Å². The van der Waals surface area contributed by atoms with Crippen molar-refractivity contribution in [1.82, 2.24) is 0 Å². The summed E-state index contributed by atoms with van der Waals surface area (Å²) in [6, 6.07) is 9.91. The Balaban J connectivity index is 1.84. The van der Waals surface area contributed by atoms with Crippen molar-refractivity contribution in [2.24, 2.45) is 11.8 Å². The third-order valence-corrected chi connectivity index (χ3v) is 4.13. The molecule has 2 fully saturated rings. The monoisotopic (exact) mass is 276 g/mol. The zero-order valence-corrected chi connectivity index (χ0v) is 11.7. The van der Waals surface area contributed by atoms with Gasteiger partial charge < -0.3 is 14.2 Å². The quantitative estimate of drug-likeness (QED) is 0.796. The molecule has 20 heavy (non-hydrogen) atoms. The maximum Gasteiger partial charge on any atom is 0.303 e. The van der Waals surface area contributed by atoms with Crippen molar-refractivity contribution in [2.45, 2.75) is 32.2 Å². The Bertz CT molecular complexity index is 459. The SMILES string of the molecule is CC(=O)O[C@@H](c1ccccc1)[C@@H]1CO[C@H]2OCCC[C@H]21. The van der Waals surface area contributed by atoms with Crippen LogP contribution in [0, 0.1) is 11.8 Å². The van der Waals surface area contributed by atoms with Crippen LogP contribution in [0.15, 0.2) is 30.3 Å². The number of hydrogen-bond acceptors (Lipinski definition) is 4. The van der Waals surface area contributed by atoms with Gasteiger partial charge in [-0.2, -0.15) is 0 Å². The van der Waals surface area contributed by atoms with E-state index in [1.165, 1.54) is 6.92 Å². The Morgan fingerprint density at radius 1 is 1.30 bits per heavy atom. The lowest BCUT2D eigenvalue weighted by Gasteiger charge is -2.31. The number of carbonyl (C=O) groups excluding carboxylic acids is 1. The zero-order chi connectivity index (χ0) is 13.9. The van der Waals surface area contributed by atoms with Crippen molar-refractivity contribution in [3.8, 4) is 0 Å². The predicted octanol–water partition coefficient (Wildman–Crippen LogP) is 2.69. The Morgan fingerprint density at radius 3 is 2.85 bits per heavy atom. The zero-order valence-electron chi connectivity index (χ0n) is 11.7. The Hall–Kier alpha value is -1.39. The number of fused-ring (bicyclic) bond motifs is 1. The van der Waals surface area contributed by atoms with Gasteiger partial charge in [-0.25, -0.2) is 0 Å². The highest BCUT2D eigenvalue weighted by atomic mass is 16.7. The van der Waals surface area contributed by atoms with Gasteiger partial charge in [-0.15, -0.1) is 0 Å². The fourth-order valence-corrected chi connectivity index (χ4v) is 3.23. The van der Waals surface area contributed by atoms with E-state index in [4.69, 9.17) is 14.2 Å². The second-order valence-corrected chi connectivity index (χ2v) is 5.48. The number of benzene rings is 1. The molecule has 108 valence electrons. The van der Waals surface area contributed by atoms with Crippen LogP contribution in [-0.2, 0) is 19.0 Å². The molecule has 0 N–H and O–H groups in total. The van der Waals surface area contributed by atoms with Gasteiger partial charge >= 0.3 is 5.97 Å². The highest BCUT2D eigenvalue weighted by Crippen LogP contribution is 2.43. The first kappa shape index (κ1) is 13.6. The molecule has 0 aromatic heterocycles. The van der Waals surface area contributed by atoms with Crippen LogP contribution < -0.4 is 0 Å². The molecule has 4 nitrogen and oxygen atoms in total. The van der Waals surface area contributed by atoms with Crippen LogP contribution in [0.2, 0.25) is 0 Å². The van der Waals surface area contributed by atoms with E-state index < -0.39 is 0 Å². The molecular weight excluding hydrogens is 256 g/mol. The largest absolute Gasteiger partial charge is 0.457 e. The summed E-state index contributed by atoms with van der Waals surface area (Å²) in [5.74, 6) is 0.235. The van der Waals surface area contributed by atoms with Crippen LogP contribution in [0.3, 0.4) is 0 Å². The van der Waals surface area contributed by atoms with E-state index in [0.29, 0.717) is 12.5 Å². The molecule has 0 spiro atoms. The summed E-state index contributed by atoms with van der Waals surface area (Å²) >= 11 is 0. The van der Waals surface area contributed by atoms with E-state index in [1.807, 2.05) is 30.3 Å². The number of carbonyl (C=O) groups is 1. The first-order valence-corrected chi connectivity index (χ1v) is 7.21. The van der Waals surface area contributed by atoms with Crippen LogP contribution in [0.5, 0.6) is 0 Å². The molecule has 0 aliphatic carbocycles. The minimum absolute atomic E-state index is 0.129. The molecule has 0 amide bonds. The van der Waals surface area contributed by atoms with E-state index in [9.17, 15) is 4.79 Å². The predicted molar refractivity (Wildman–Crippen MR) is 72.9 cm³/mol. The smallest absolute Gasteiger partial charge is 0.303 e. The van der Waals surface area contributed by atoms with Crippen LogP contribution in [0.4, 0.5) is 0 Å². The lowest BCUT2D eigenvalue weighted by molar-refractivity contribution is -0.157. The summed E-state index contributed by atoms with van der Waals surface area (Å²) in [6.07, 6.45) is 1.74. The van der Waals surface area contributed by atoms with Gasteiger partial charge in [0.2, 0.25) is 0 Å². The fourth-order valence-electron chi connectivity index (χ4n) is 3.23. The number of ether oxygens (including phenoxy) is 3. The number of hydrogen-bond donors (Lipinski definition) is 0. The molecule has 2 aliphatic heterocycles. The van der Waals surface area contributed by atoms with Crippen molar-refractivity contribution in [3.63, 3.8) is 0 Å². The summed E-state index contributed by atoms with van der Waals surface area (Å²) in [7, 11) is 0. The second kappa shape index (κ2) is 5.94. The highest BCUT2D eigenvalue weighted by molar-refractivity contribution is 5.66. The van der Waals surface area contributed by atoms with Gasteiger partial charge in [0, 0.05) is 25.4 Å². The summed E-state index contributed by atoms with van der Waals surface area (Å²) < 4.78 is 17.0. The molecule has 1 aromatic carbocycles. The molecule has 4 heteroatoms. The molecule has 0 radical (unpaired) electrons. The van der Waals surface area contributed by atoms with Crippen LogP contribution >= 0.6 is 0 Å². The molecule has 4 atom stereocenters. The normalized spacial score (nSPS) is 30.6. The first-order valence-electron chi connectivity index (χ1n) is 7.21. The van der Waals surface area contributed by atoms with Gasteiger partial charge in [0.1, 0.15) is 6.10 Å². The van der Waals surface area contributed by atoms with Crippen LogP contribution in [0.1, 0.15) is 31.4 Å². The molecule has 2 heterocycles.